The SMILES string of the molecule is CCCN(CC)C(C)(C)c1nnc(NC)o1. The monoisotopic (exact) mass is 226 g/mol. The molecule has 0 radical (unpaired) electrons. The van der Waals surface area contributed by atoms with Crippen LogP contribution in [0.4, 0.5) is 6.01 Å². The van der Waals surface area contributed by atoms with E-state index in [9.17, 15) is 0 Å². The van der Waals surface area contributed by atoms with E-state index in [1.165, 1.54) is 0 Å². The van der Waals surface area contributed by atoms with Crippen molar-refractivity contribution < 1.29 is 4.42 Å². The van der Waals surface area contributed by atoms with Crippen LogP contribution in [0.25, 0.3) is 0 Å². The molecule has 16 heavy (non-hydrogen) atoms. The second-order valence-corrected chi connectivity index (χ2v) is 4.30. The number of nitrogens with zero attached hydrogens (tertiary/aromatic N) is 3. The fourth-order valence-electron chi connectivity index (χ4n) is 1.81. The van der Waals surface area contributed by atoms with Gasteiger partial charge in [-0.2, -0.15) is 0 Å². The fraction of sp³-hybridized carbons (Fsp3) is 0.818. The number of anilines is 1. The Hall–Kier alpha value is -1.10. The second kappa shape index (κ2) is 5.30. The Kier molecular flexibility index (Phi) is 4.29. The van der Waals surface area contributed by atoms with Crippen molar-refractivity contribution in [3.8, 4) is 0 Å². The summed E-state index contributed by atoms with van der Waals surface area (Å²) in [5.74, 6) is 0.659. The van der Waals surface area contributed by atoms with E-state index in [2.05, 4.69) is 48.1 Å². The summed E-state index contributed by atoms with van der Waals surface area (Å²) >= 11 is 0. The summed E-state index contributed by atoms with van der Waals surface area (Å²) < 4.78 is 5.55. The van der Waals surface area contributed by atoms with Crippen LogP contribution in [0.3, 0.4) is 0 Å². The van der Waals surface area contributed by atoms with Crippen molar-refractivity contribution in [2.24, 2.45) is 0 Å². The van der Waals surface area contributed by atoms with Gasteiger partial charge < -0.3 is 9.73 Å². The van der Waals surface area contributed by atoms with Crippen LogP contribution in [0.2, 0.25) is 0 Å². The molecule has 0 amide bonds. The van der Waals surface area contributed by atoms with Gasteiger partial charge in [0.15, 0.2) is 0 Å². The van der Waals surface area contributed by atoms with Crippen LogP contribution in [-0.4, -0.2) is 35.2 Å². The molecule has 1 aromatic rings. The van der Waals surface area contributed by atoms with Crippen LogP contribution in [0.5, 0.6) is 0 Å². The largest absolute Gasteiger partial charge is 0.406 e. The van der Waals surface area contributed by atoms with Crippen molar-refractivity contribution in [3.63, 3.8) is 0 Å². The molecule has 0 fully saturated rings. The lowest BCUT2D eigenvalue weighted by Crippen LogP contribution is -2.42. The zero-order valence-corrected chi connectivity index (χ0v) is 10.9. The molecule has 0 aliphatic carbocycles. The zero-order valence-electron chi connectivity index (χ0n) is 10.9. The van der Waals surface area contributed by atoms with Crippen molar-refractivity contribution in [3.05, 3.63) is 5.89 Å². The molecular formula is C11H22N4O. The number of hydrogen-bond donors (Lipinski definition) is 1. The number of aromatic nitrogens is 2. The summed E-state index contributed by atoms with van der Waals surface area (Å²) in [5, 5.41) is 10.9. The molecule has 5 heteroatoms. The average molecular weight is 226 g/mol. The van der Waals surface area contributed by atoms with Crippen molar-refractivity contribution in [2.45, 2.75) is 39.7 Å². The smallest absolute Gasteiger partial charge is 0.315 e. The average Bonchev–Trinajstić information content (AvgIpc) is 2.74. The molecule has 0 spiro atoms. The molecule has 1 rings (SSSR count). The van der Waals surface area contributed by atoms with Gasteiger partial charge in [0.1, 0.15) is 0 Å². The molecular weight excluding hydrogens is 204 g/mol. The second-order valence-electron chi connectivity index (χ2n) is 4.30. The third-order valence-electron chi connectivity index (χ3n) is 2.83. The molecule has 1 heterocycles. The predicted octanol–water partition coefficient (Wildman–Crippen LogP) is 2.08. The highest BCUT2D eigenvalue weighted by molar-refractivity contribution is 5.16. The molecule has 0 aliphatic rings. The minimum Gasteiger partial charge on any atom is -0.406 e. The van der Waals surface area contributed by atoms with Gasteiger partial charge in [0.25, 0.3) is 0 Å². The minimum absolute atomic E-state index is 0.215. The Morgan fingerprint density at radius 3 is 2.44 bits per heavy atom. The van der Waals surface area contributed by atoms with E-state index in [4.69, 9.17) is 4.42 Å². The lowest BCUT2D eigenvalue weighted by molar-refractivity contribution is 0.0982. The fourth-order valence-corrected chi connectivity index (χ4v) is 1.81. The number of rotatable bonds is 6. The number of nitrogens with one attached hydrogen (secondary N) is 1. The first-order valence-corrected chi connectivity index (χ1v) is 5.83. The maximum atomic E-state index is 5.55. The van der Waals surface area contributed by atoms with Crippen molar-refractivity contribution in [1.82, 2.24) is 15.1 Å². The van der Waals surface area contributed by atoms with Crippen molar-refractivity contribution in [1.29, 1.82) is 0 Å². The molecule has 1 aromatic heterocycles. The Morgan fingerprint density at radius 1 is 1.31 bits per heavy atom. The molecule has 0 saturated heterocycles. The highest BCUT2D eigenvalue weighted by Crippen LogP contribution is 2.27. The summed E-state index contributed by atoms with van der Waals surface area (Å²) in [5.41, 5.74) is -0.215. The first-order valence-electron chi connectivity index (χ1n) is 5.83. The minimum atomic E-state index is -0.215. The molecule has 1 N–H and O–H groups in total. The summed E-state index contributed by atoms with van der Waals surface area (Å²) in [7, 11) is 1.77. The van der Waals surface area contributed by atoms with Crippen molar-refractivity contribution >= 4 is 6.01 Å². The summed E-state index contributed by atoms with van der Waals surface area (Å²) in [6.07, 6.45) is 1.12. The van der Waals surface area contributed by atoms with Gasteiger partial charge in [-0.05, 0) is 33.4 Å². The normalized spacial score (nSPS) is 12.1. The first-order chi connectivity index (χ1) is 7.56. The molecule has 0 bridgehead atoms. The molecule has 92 valence electrons. The summed E-state index contributed by atoms with van der Waals surface area (Å²) in [6.45, 7) is 10.5. The standard InChI is InChI=1S/C11H22N4O/c1-6-8-15(7-2)11(3,4)9-13-14-10(12-5)16-9/h6-8H2,1-5H3,(H,12,14). The lowest BCUT2D eigenvalue weighted by Gasteiger charge is -2.34. The zero-order chi connectivity index (χ0) is 12.2. The number of hydrogen-bond acceptors (Lipinski definition) is 5. The van der Waals surface area contributed by atoms with E-state index >= 15 is 0 Å². The predicted molar refractivity (Wildman–Crippen MR) is 64.4 cm³/mol. The van der Waals surface area contributed by atoms with Crippen LogP contribution >= 0.6 is 0 Å². The topological polar surface area (TPSA) is 54.2 Å². The molecule has 5 nitrogen and oxygen atoms in total. The molecule has 0 atom stereocenters. The Labute approximate surface area is 97.2 Å². The van der Waals surface area contributed by atoms with Gasteiger partial charge >= 0.3 is 6.01 Å². The third-order valence-corrected chi connectivity index (χ3v) is 2.83. The van der Waals surface area contributed by atoms with E-state index in [1.54, 1.807) is 7.05 Å². The highest BCUT2D eigenvalue weighted by atomic mass is 16.4. The third kappa shape index (κ3) is 2.52. The summed E-state index contributed by atoms with van der Waals surface area (Å²) in [4.78, 5) is 2.33. The van der Waals surface area contributed by atoms with Gasteiger partial charge in [-0.3, -0.25) is 4.90 Å². The van der Waals surface area contributed by atoms with E-state index in [0.717, 1.165) is 19.5 Å². The van der Waals surface area contributed by atoms with Gasteiger partial charge in [0, 0.05) is 7.05 Å². The van der Waals surface area contributed by atoms with E-state index in [1.807, 2.05) is 0 Å². The highest BCUT2D eigenvalue weighted by Gasteiger charge is 2.32. The molecule has 0 aliphatic heterocycles. The van der Waals surface area contributed by atoms with Crippen LogP contribution in [-0.2, 0) is 5.54 Å². The Morgan fingerprint density at radius 2 is 2.00 bits per heavy atom. The van der Waals surface area contributed by atoms with Gasteiger partial charge in [-0.25, -0.2) is 0 Å². The summed E-state index contributed by atoms with van der Waals surface area (Å²) in [6, 6.07) is 0.468. The van der Waals surface area contributed by atoms with Crippen LogP contribution in [0, 0.1) is 0 Å². The van der Waals surface area contributed by atoms with E-state index in [0.29, 0.717) is 11.9 Å². The quantitative estimate of drug-likeness (QED) is 0.804. The molecule has 0 aromatic carbocycles. The van der Waals surface area contributed by atoms with Gasteiger partial charge in [0.05, 0.1) is 5.54 Å². The molecule has 0 unspecified atom stereocenters. The van der Waals surface area contributed by atoms with E-state index < -0.39 is 0 Å². The van der Waals surface area contributed by atoms with E-state index in [-0.39, 0.29) is 5.54 Å². The first kappa shape index (κ1) is 13.0. The Balaban J connectivity index is 2.89. The van der Waals surface area contributed by atoms with Gasteiger partial charge in [-0.15, -0.1) is 5.10 Å². The Bertz CT molecular complexity index is 322. The van der Waals surface area contributed by atoms with Crippen LogP contribution < -0.4 is 5.32 Å². The van der Waals surface area contributed by atoms with Gasteiger partial charge in [0.2, 0.25) is 5.89 Å². The van der Waals surface area contributed by atoms with Crippen LogP contribution in [0.15, 0.2) is 4.42 Å². The lowest BCUT2D eigenvalue weighted by atomic mass is 10.0. The van der Waals surface area contributed by atoms with Crippen LogP contribution in [0.1, 0.15) is 40.0 Å². The van der Waals surface area contributed by atoms with Gasteiger partial charge in [-0.1, -0.05) is 18.9 Å². The molecule has 0 saturated carbocycles. The maximum absolute atomic E-state index is 5.55. The van der Waals surface area contributed by atoms with Crippen molar-refractivity contribution in [2.75, 3.05) is 25.5 Å². The maximum Gasteiger partial charge on any atom is 0.315 e.